The first-order chi connectivity index (χ1) is 13.2. The first-order valence-corrected chi connectivity index (χ1v) is 9.68. The van der Waals surface area contributed by atoms with Crippen molar-refractivity contribution in [2.45, 2.75) is 32.6 Å². The molecule has 0 bridgehead atoms. The Balaban J connectivity index is 0.00000225. The van der Waals surface area contributed by atoms with Gasteiger partial charge >= 0.3 is 21.7 Å². The molecule has 0 saturated carbocycles. The van der Waals surface area contributed by atoms with Crippen molar-refractivity contribution in [3.05, 3.63) is 130 Å². The third-order valence-electron chi connectivity index (χ3n) is 5.31. The number of hydrogen-bond donors (Lipinski definition) is 0. The summed E-state index contributed by atoms with van der Waals surface area (Å²) in [7, 11) is 0. The summed E-state index contributed by atoms with van der Waals surface area (Å²) in [6.07, 6.45) is 7.69. The maximum atomic E-state index is 3.56. The summed E-state index contributed by atoms with van der Waals surface area (Å²) in [4.78, 5) is 0. The van der Waals surface area contributed by atoms with Crippen LogP contribution in [0.4, 0.5) is 0 Å². The van der Waals surface area contributed by atoms with Crippen LogP contribution in [0.15, 0.2) is 96.1 Å². The summed E-state index contributed by atoms with van der Waals surface area (Å²) in [5.41, 5.74) is 9.54. The number of benzene rings is 3. The molecule has 0 unspecified atom stereocenters. The number of allylic oxidation sites excluding steroid dienone is 4. The largest absolute Gasteiger partial charge is 4.00 e. The van der Waals surface area contributed by atoms with Crippen molar-refractivity contribution >= 4 is 0 Å². The van der Waals surface area contributed by atoms with Gasteiger partial charge in [-0.15, -0.1) is 0 Å². The Morgan fingerprint density at radius 3 is 1.81 bits per heavy atom. The van der Waals surface area contributed by atoms with Crippen LogP contribution in [0.1, 0.15) is 40.2 Å². The van der Waals surface area contributed by atoms with Crippen LogP contribution in [0.3, 0.4) is 0 Å². The molecule has 0 radical (unpaired) electrons. The molecule has 0 fully saturated rings. The van der Waals surface area contributed by atoms with Crippen LogP contribution in [0.2, 0.25) is 0 Å². The van der Waals surface area contributed by atoms with E-state index >= 15 is 0 Å². The monoisotopic (exact) mass is 502 g/mol. The first kappa shape index (κ1) is 29.7. The second-order valence-electron chi connectivity index (χ2n) is 7.48. The smallest absolute Gasteiger partial charge is 1.00 e. The van der Waals surface area contributed by atoms with Gasteiger partial charge < -0.3 is 37.2 Å². The molecule has 3 aromatic carbocycles. The standard InChI is InChI=1S/C27H25.3ClH.Ti/c1-20-9-6-14-24(17-20)27(25-15-7-10-21(2)18-25)26-16-8-13-23(26)19-22-11-4-3-5-12-22;;;;/h3-12,14-15,17-18,27H,16,19H2,1-2H3;3*1H;/q-1;;;;+4/p-3. The molecule has 1 aliphatic carbocycles. The van der Waals surface area contributed by atoms with E-state index in [4.69, 9.17) is 0 Å². The molecule has 0 spiro atoms. The van der Waals surface area contributed by atoms with Crippen LogP contribution in [0.25, 0.3) is 0 Å². The van der Waals surface area contributed by atoms with Gasteiger partial charge in [0.05, 0.1) is 0 Å². The van der Waals surface area contributed by atoms with Crippen molar-refractivity contribution in [3.8, 4) is 0 Å². The van der Waals surface area contributed by atoms with Crippen LogP contribution < -0.4 is 37.2 Å². The predicted octanol–water partition coefficient (Wildman–Crippen LogP) is -2.25. The van der Waals surface area contributed by atoms with Crippen molar-refractivity contribution < 1.29 is 58.9 Å². The third kappa shape index (κ3) is 7.38. The normalized spacial score (nSPS) is 11.8. The summed E-state index contributed by atoms with van der Waals surface area (Å²) in [5, 5.41) is 0. The Morgan fingerprint density at radius 2 is 1.29 bits per heavy atom. The summed E-state index contributed by atoms with van der Waals surface area (Å²) < 4.78 is 0. The molecule has 4 heteroatoms. The van der Waals surface area contributed by atoms with Gasteiger partial charge in [0, 0.05) is 0 Å². The van der Waals surface area contributed by atoms with Gasteiger partial charge in [-0.1, -0.05) is 108 Å². The molecule has 0 aliphatic heterocycles. The van der Waals surface area contributed by atoms with Gasteiger partial charge in [-0.25, -0.2) is 5.57 Å². The third-order valence-corrected chi connectivity index (χ3v) is 5.31. The topological polar surface area (TPSA) is 0 Å². The van der Waals surface area contributed by atoms with Crippen LogP contribution in [-0.2, 0) is 28.1 Å². The minimum absolute atomic E-state index is 0. The Kier molecular flexibility index (Phi) is 13.4. The van der Waals surface area contributed by atoms with Crippen molar-refractivity contribution in [1.82, 2.24) is 0 Å². The van der Waals surface area contributed by atoms with Crippen molar-refractivity contribution in [1.29, 1.82) is 0 Å². The molecule has 31 heavy (non-hydrogen) atoms. The summed E-state index contributed by atoms with van der Waals surface area (Å²) in [6, 6.07) is 28.6. The molecule has 4 rings (SSSR count). The van der Waals surface area contributed by atoms with Gasteiger partial charge in [0.1, 0.15) is 0 Å². The fraction of sp³-hybridized carbons (Fsp3) is 0.185. The van der Waals surface area contributed by atoms with Crippen LogP contribution in [-0.4, -0.2) is 0 Å². The summed E-state index contributed by atoms with van der Waals surface area (Å²) >= 11 is 0. The number of rotatable bonds is 5. The molecule has 0 saturated heterocycles. The quantitative estimate of drug-likeness (QED) is 0.273. The van der Waals surface area contributed by atoms with Gasteiger partial charge in [-0.05, 0) is 31.7 Å². The molecule has 0 amide bonds. The van der Waals surface area contributed by atoms with Crippen LogP contribution in [0.5, 0.6) is 0 Å². The van der Waals surface area contributed by atoms with E-state index in [-0.39, 0.29) is 64.9 Å². The molecule has 3 aromatic rings. The molecule has 0 nitrogen and oxygen atoms in total. The molecule has 0 aromatic heterocycles. The molecular weight excluding hydrogens is 479 g/mol. The Hall–Kier alpha value is -1.28. The molecule has 0 atom stereocenters. The van der Waals surface area contributed by atoms with E-state index in [9.17, 15) is 0 Å². The van der Waals surface area contributed by atoms with E-state index in [1.54, 1.807) is 0 Å². The van der Waals surface area contributed by atoms with E-state index in [0.29, 0.717) is 0 Å². The van der Waals surface area contributed by atoms with Gasteiger partial charge in [0.25, 0.3) is 0 Å². The summed E-state index contributed by atoms with van der Waals surface area (Å²) in [6.45, 7) is 4.35. The van der Waals surface area contributed by atoms with Crippen molar-refractivity contribution in [2.75, 3.05) is 0 Å². The average molecular weight is 504 g/mol. The van der Waals surface area contributed by atoms with Gasteiger partial charge in [-0.2, -0.15) is 11.6 Å². The Bertz CT molecular complexity index is 964. The Morgan fingerprint density at radius 1 is 0.742 bits per heavy atom. The predicted molar refractivity (Wildman–Crippen MR) is 114 cm³/mol. The maximum absolute atomic E-state index is 3.56. The molecule has 0 N–H and O–H groups in total. The number of hydrogen-bond acceptors (Lipinski definition) is 0. The first-order valence-electron chi connectivity index (χ1n) is 9.68. The van der Waals surface area contributed by atoms with Crippen LogP contribution in [0, 0.1) is 19.9 Å². The maximum Gasteiger partial charge on any atom is 4.00 e. The van der Waals surface area contributed by atoms with Crippen LogP contribution >= 0.6 is 0 Å². The van der Waals surface area contributed by atoms with Gasteiger partial charge in [0.15, 0.2) is 0 Å². The zero-order valence-electron chi connectivity index (χ0n) is 17.7. The van der Waals surface area contributed by atoms with E-state index < -0.39 is 0 Å². The van der Waals surface area contributed by atoms with Crippen molar-refractivity contribution in [2.24, 2.45) is 0 Å². The molecule has 158 valence electrons. The van der Waals surface area contributed by atoms with Gasteiger partial charge in [0.2, 0.25) is 0 Å². The van der Waals surface area contributed by atoms with E-state index in [1.807, 2.05) is 0 Å². The summed E-state index contributed by atoms with van der Waals surface area (Å²) in [5.74, 6) is 0.287. The zero-order valence-corrected chi connectivity index (χ0v) is 21.5. The van der Waals surface area contributed by atoms with Gasteiger partial charge in [-0.3, -0.25) is 6.08 Å². The second-order valence-corrected chi connectivity index (χ2v) is 7.48. The fourth-order valence-corrected chi connectivity index (χ4v) is 4.05. The zero-order chi connectivity index (χ0) is 18.6. The average Bonchev–Trinajstić information content (AvgIpc) is 3.11. The molecular formula is C27H25Cl3Ti. The second kappa shape index (κ2) is 14.0. The van der Waals surface area contributed by atoms with E-state index in [1.165, 1.54) is 39.0 Å². The fourth-order valence-electron chi connectivity index (χ4n) is 4.05. The SMILES string of the molecule is Cc1cccc(C(C2=C(Cc3ccccc3)[C-]=CC2)c2cccc(C)c2)c1.[Cl-].[Cl-].[Cl-].[Ti+4]. The van der Waals surface area contributed by atoms with Crippen molar-refractivity contribution in [3.63, 3.8) is 0 Å². The molecule has 0 heterocycles. The number of halogens is 3. The van der Waals surface area contributed by atoms with E-state index in [2.05, 4.69) is 105 Å². The molecule has 1 aliphatic rings. The van der Waals surface area contributed by atoms with E-state index in [0.717, 1.165) is 12.8 Å². The minimum Gasteiger partial charge on any atom is -1.00 e. The number of aryl methyl sites for hydroxylation is 2. The minimum atomic E-state index is 0. The Labute approximate surface area is 220 Å².